The molecular formula is C10H22N2OS. The SMILES string of the molecule is CCCCOCCN(CC)CC(N)=S. The maximum atomic E-state index is 5.47. The largest absolute Gasteiger partial charge is 0.392 e. The summed E-state index contributed by atoms with van der Waals surface area (Å²) in [6, 6.07) is 0. The number of nitrogens with zero attached hydrogens (tertiary/aromatic N) is 1. The van der Waals surface area contributed by atoms with Crippen molar-refractivity contribution < 1.29 is 4.74 Å². The van der Waals surface area contributed by atoms with Crippen LogP contribution in [0.2, 0.25) is 0 Å². The average Bonchev–Trinajstić information content (AvgIpc) is 2.15. The Balaban J connectivity index is 3.38. The van der Waals surface area contributed by atoms with Crippen LogP contribution < -0.4 is 5.73 Å². The van der Waals surface area contributed by atoms with Gasteiger partial charge in [-0.05, 0) is 13.0 Å². The topological polar surface area (TPSA) is 38.5 Å². The van der Waals surface area contributed by atoms with E-state index >= 15 is 0 Å². The predicted octanol–water partition coefficient (Wildman–Crippen LogP) is 1.41. The molecule has 0 aliphatic carbocycles. The van der Waals surface area contributed by atoms with E-state index < -0.39 is 0 Å². The molecule has 2 N–H and O–H groups in total. The Bertz CT molecular complexity index is 153. The summed E-state index contributed by atoms with van der Waals surface area (Å²) < 4.78 is 5.46. The van der Waals surface area contributed by atoms with Crippen molar-refractivity contribution in [3.63, 3.8) is 0 Å². The van der Waals surface area contributed by atoms with Gasteiger partial charge in [-0.15, -0.1) is 0 Å². The fourth-order valence-corrected chi connectivity index (χ4v) is 1.29. The van der Waals surface area contributed by atoms with Gasteiger partial charge in [0.25, 0.3) is 0 Å². The van der Waals surface area contributed by atoms with E-state index in [-0.39, 0.29) is 0 Å². The minimum absolute atomic E-state index is 0.556. The number of ether oxygens (including phenoxy) is 1. The molecule has 0 saturated carbocycles. The van der Waals surface area contributed by atoms with E-state index in [1.165, 1.54) is 6.42 Å². The smallest absolute Gasteiger partial charge is 0.0870 e. The van der Waals surface area contributed by atoms with Gasteiger partial charge in [-0.2, -0.15) is 0 Å². The highest BCUT2D eigenvalue weighted by Gasteiger charge is 2.02. The fourth-order valence-electron chi connectivity index (χ4n) is 1.11. The van der Waals surface area contributed by atoms with E-state index in [4.69, 9.17) is 22.7 Å². The molecule has 0 unspecified atom stereocenters. The second-order valence-corrected chi connectivity index (χ2v) is 3.83. The molecule has 4 heteroatoms. The standard InChI is InChI=1S/C10H22N2OS/c1-3-5-7-13-8-6-12(4-2)9-10(11)14/h3-9H2,1-2H3,(H2,11,14). The maximum Gasteiger partial charge on any atom is 0.0870 e. The Labute approximate surface area is 92.6 Å². The van der Waals surface area contributed by atoms with Crippen LogP contribution in [0.15, 0.2) is 0 Å². The van der Waals surface area contributed by atoms with E-state index in [0.29, 0.717) is 11.5 Å². The van der Waals surface area contributed by atoms with Crippen LogP contribution in [0.3, 0.4) is 0 Å². The Hall–Kier alpha value is -0.190. The van der Waals surface area contributed by atoms with Gasteiger partial charge in [0, 0.05) is 19.7 Å². The van der Waals surface area contributed by atoms with Gasteiger partial charge < -0.3 is 10.5 Å². The highest BCUT2D eigenvalue weighted by Crippen LogP contribution is 1.91. The molecule has 0 rings (SSSR count). The molecule has 0 radical (unpaired) electrons. The molecule has 0 heterocycles. The Morgan fingerprint density at radius 2 is 2.07 bits per heavy atom. The molecule has 0 aromatic carbocycles. The first-order valence-corrected chi connectivity index (χ1v) is 5.69. The highest BCUT2D eigenvalue weighted by atomic mass is 32.1. The van der Waals surface area contributed by atoms with Gasteiger partial charge in [0.05, 0.1) is 11.6 Å². The fraction of sp³-hybridized carbons (Fsp3) is 0.900. The summed E-state index contributed by atoms with van der Waals surface area (Å²) in [4.78, 5) is 2.74. The number of nitrogens with two attached hydrogens (primary N) is 1. The minimum Gasteiger partial charge on any atom is -0.392 e. The van der Waals surface area contributed by atoms with E-state index in [9.17, 15) is 0 Å². The molecule has 0 aliphatic heterocycles. The Morgan fingerprint density at radius 1 is 1.36 bits per heavy atom. The van der Waals surface area contributed by atoms with Crippen LogP contribution in [0, 0.1) is 0 Å². The zero-order valence-electron chi connectivity index (χ0n) is 9.29. The van der Waals surface area contributed by atoms with Crippen molar-refractivity contribution >= 4 is 17.2 Å². The molecule has 0 fully saturated rings. The first-order valence-electron chi connectivity index (χ1n) is 5.29. The van der Waals surface area contributed by atoms with Crippen LogP contribution >= 0.6 is 12.2 Å². The first kappa shape index (κ1) is 13.8. The van der Waals surface area contributed by atoms with Gasteiger partial charge in [-0.3, -0.25) is 4.90 Å². The monoisotopic (exact) mass is 218 g/mol. The van der Waals surface area contributed by atoms with Crippen LogP contribution in [0.1, 0.15) is 26.7 Å². The molecule has 3 nitrogen and oxygen atoms in total. The van der Waals surface area contributed by atoms with Crippen molar-refractivity contribution in [3.05, 3.63) is 0 Å². The Kier molecular flexibility index (Phi) is 9.24. The lowest BCUT2D eigenvalue weighted by atomic mass is 10.4. The highest BCUT2D eigenvalue weighted by molar-refractivity contribution is 7.80. The molecule has 0 spiro atoms. The first-order chi connectivity index (χ1) is 6.70. The van der Waals surface area contributed by atoms with Crippen molar-refractivity contribution in [2.45, 2.75) is 26.7 Å². The molecule has 14 heavy (non-hydrogen) atoms. The Morgan fingerprint density at radius 3 is 2.57 bits per heavy atom. The number of likely N-dealkylation sites (N-methyl/N-ethyl adjacent to an activating group) is 1. The molecule has 0 atom stereocenters. The van der Waals surface area contributed by atoms with E-state index in [0.717, 1.165) is 32.7 Å². The lowest BCUT2D eigenvalue weighted by Crippen LogP contribution is -2.35. The van der Waals surface area contributed by atoms with Crippen molar-refractivity contribution in [2.75, 3.05) is 32.8 Å². The predicted molar refractivity (Wildman–Crippen MR) is 64.6 cm³/mol. The van der Waals surface area contributed by atoms with Crippen LogP contribution in [0.25, 0.3) is 0 Å². The lowest BCUT2D eigenvalue weighted by molar-refractivity contribution is 0.108. The summed E-state index contributed by atoms with van der Waals surface area (Å²) in [6.45, 7) is 8.48. The molecule has 0 aliphatic rings. The van der Waals surface area contributed by atoms with Crippen LogP contribution in [-0.4, -0.2) is 42.7 Å². The number of hydrogen-bond donors (Lipinski definition) is 1. The minimum atomic E-state index is 0.556. The normalized spacial score (nSPS) is 10.8. The number of rotatable bonds is 9. The number of unbranched alkanes of at least 4 members (excludes halogenated alkanes) is 1. The van der Waals surface area contributed by atoms with Crippen molar-refractivity contribution in [1.82, 2.24) is 4.90 Å². The summed E-state index contributed by atoms with van der Waals surface area (Å²) in [5.74, 6) is 0. The van der Waals surface area contributed by atoms with Gasteiger partial charge in [-0.1, -0.05) is 32.5 Å². The third-order valence-corrected chi connectivity index (χ3v) is 2.15. The van der Waals surface area contributed by atoms with Crippen molar-refractivity contribution in [1.29, 1.82) is 0 Å². The summed E-state index contributed by atoms with van der Waals surface area (Å²) in [5.41, 5.74) is 5.47. The summed E-state index contributed by atoms with van der Waals surface area (Å²) in [7, 11) is 0. The van der Waals surface area contributed by atoms with Gasteiger partial charge in [0.1, 0.15) is 0 Å². The summed E-state index contributed by atoms with van der Waals surface area (Å²) in [5, 5.41) is 0. The summed E-state index contributed by atoms with van der Waals surface area (Å²) >= 11 is 4.85. The van der Waals surface area contributed by atoms with E-state index in [1.54, 1.807) is 0 Å². The molecule has 0 bridgehead atoms. The zero-order valence-corrected chi connectivity index (χ0v) is 10.1. The quantitative estimate of drug-likeness (QED) is 0.469. The van der Waals surface area contributed by atoms with Crippen molar-refractivity contribution in [3.8, 4) is 0 Å². The van der Waals surface area contributed by atoms with Gasteiger partial charge in [-0.25, -0.2) is 0 Å². The zero-order chi connectivity index (χ0) is 10.8. The second kappa shape index (κ2) is 9.37. The third kappa shape index (κ3) is 8.41. The second-order valence-electron chi connectivity index (χ2n) is 3.30. The van der Waals surface area contributed by atoms with E-state index in [2.05, 4.69) is 18.7 Å². The van der Waals surface area contributed by atoms with Gasteiger partial charge >= 0.3 is 0 Å². The number of thiocarbonyl (C=S) groups is 1. The van der Waals surface area contributed by atoms with E-state index in [1.807, 2.05) is 0 Å². The molecule has 0 amide bonds. The maximum absolute atomic E-state index is 5.47. The van der Waals surface area contributed by atoms with Gasteiger partial charge in [0.15, 0.2) is 0 Å². The average molecular weight is 218 g/mol. The van der Waals surface area contributed by atoms with Crippen LogP contribution in [0.4, 0.5) is 0 Å². The molecule has 0 aromatic rings. The van der Waals surface area contributed by atoms with Gasteiger partial charge in [0.2, 0.25) is 0 Å². The van der Waals surface area contributed by atoms with Crippen LogP contribution in [0.5, 0.6) is 0 Å². The van der Waals surface area contributed by atoms with Crippen LogP contribution in [-0.2, 0) is 4.74 Å². The molecule has 0 aromatic heterocycles. The summed E-state index contributed by atoms with van der Waals surface area (Å²) in [6.07, 6.45) is 2.33. The molecule has 0 saturated heterocycles. The molecule has 84 valence electrons. The lowest BCUT2D eigenvalue weighted by Gasteiger charge is -2.19. The molecular weight excluding hydrogens is 196 g/mol. The third-order valence-electron chi connectivity index (χ3n) is 2.02. The van der Waals surface area contributed by atoms with Crippen molar-refractivity contribution in [2.24, 2.45) is 5.73 Å². The number of hydrogen-bond acceptors (Lipinski definition) is 3.